The zero-order valence-electron chi connectivity index (χ0n) is 11.7. The molecule has 3 nitrogen and oxygen atoms in total. The summed E-state index contributed by atoms with van der Waals surface area (Å²) in [5, 5.41) is 0. The molecule has 0 radical (unpaired) electrons. The topological polar surface area (TPSA) is 38.5 Å². The summed E-state index contributed by atoms with van der Waals surface area (Å²) < 4.78 is 5.76. The van der Waals surface area contributed by atoms with Crippen LogP contribution in [0.25, 0.3) is 0 Å². The van der Waals surface area contributed by atoms with Gasteiger partial charge in [0.15, 0.2) is 0 Å². The van der Waals surface area contributed by atoms with E-state index in [1.54, 1.807) is 0 Å². The van der Waals surface area contributed by atoms with Gasteiger partial charge in [-0.15, -0.1) is 0 Å². The highest BCUT2D eigenvalue weighted by Gasteiger charge is 2.02. The van der Waals surface area contributed by atoms with Crippen molar-refractivity contribution in [1.82, 2.24) is 4.90 Å². The van der Waals surface area contributed by atoms with E-state index in [-0.39, 0.29) is 0 Å². The summed E-state index contributed by atoms with van der Waals surface area (Å²) in [5.74, 6) is 0. The van der Waals surface area contributed by atoms with Gasteiger partial charge < -0.3 is 15.4 Å². The molecule has 0 saturated heterocycles. The number of hydrogen-bond donors (Lipinski definition) is 1. The van der Waals surface area contributed by atoms with E-state index in [0.29, 0.717) is 13.2 Å². The molecule has 0 saturated carbocycles. The molecule has 0 aliphatic carbocycles. The molecule has 0 aliphatic heterocycles. The number of hydrogen-bond acceptors (Lipinski definition) is 3. The van der Waals surface area contributed by atoms with Crippen LogP contribution in [0.15, 0.2) is 24.3 Å². The van der Waals surface area contributed by atoms with Crippen molar-refractivity contribution < 1.29 is 4.74 Å². The molecule has 0 atom stereocenters. The van der Waals surface area contributed by atoms with E-state index >= 15 is 0 Å². The van der Waals surface area contributed by atoms with Crippen LogP contribution in [0.5, 0.6) is 0 Å². The average molecular weight is 250 g/mol. The van der Waals surface area contributed by atoms with Crippen LogP contribution >= 0.6 is 0 Å². The van der Waals surface area contributed by atoms with Crippen LogP contribution in [0.2, 0.25) is 0 Å². The van der Waals surface area contributed by atoms with Gasteiger partial charge in [0.25, 0.3) is 0 Å². The summed E-state index contributed by atoms with van der Waals surface area (Å²) in [7, 11) is 0. The molecule has 0 fully saturated rings. The third-order valence-corrected chi connectivity index (χ3v) is 3.24. The van der Waals surface area contributed by atoms with Crippen molar-refractivity contribution in [2.75, 3.05) is 32.8 Å². The predicted octanol–water partition coefficient (Wildman–Crippen LogP) is 2.05. The highest BCUT2D eigenvalue weighted by atomic mass is 16.5. The van der Waals surface area contributed by atoms with Gasteiger partial charge in [0.1, 0.15) is 0 Å². The van der Waals surface area contributed by atoms with Crippen LogP contribution in [-0.2, 0) is 17.8 Å². The number of nitrogens with zero attached hydrogens (tertiary/aromatic N) is 1. The minimum absolute atomic E-state index is 0.691. The number of rotatable bonds is 9. The molecular weight excluding hydrogens is 224 g/mol. The van der Waals surface area contributed by atoms with Gasteiger partial charge in [-0.3, -0.25) is 0 Å². The van der Waals surface area contributed by atoms with Gasteiger partial charge in [-0.25, -0.2) is 0 Å². The average Bonchev–Trinajstić information content (AvgIpc) is 2.41. The number of likely N-dealkylation sites (N-methyl/N-ethyl adjacent to an activating group) is 1. The molecule has 0 heterocycles. The molecule has 0 bridgehead atoms. The summed E-state index contributed by atoms with van der Waals surface area (Å²) in [6.07, 6.45) is 0.926. The van der Waals surface area contributed by atoms with Crippen molar-refractivity contribution in [2.45, 2.75) is 26.9 Å². The first-order valence-electron chi connectivity index (χ1n) is 6.88. The van der Waals surface area contributed by atoms with Gasteiger partial charge in [-0.2, -0.15) is 0 Å². The predicted molar refractivity (Wildman–Crippen MR) is 76.6 cm³/mol. The number of nitrogens with two attached hydrogens (primary N) is 1. The Hall–Kier alpha value is -0.900. The molecule has 0 aromatic heterocycles. The summed E-state index contributed by atoms with van der Waals surface area (Å²) in [5.41, 5.74) is 8.19. The van der Waals surface area contributed by atoms with Gasteiger partial charge in [0, 0.05) is 6.54 Å². The van der Waals surface area contributed by atoms with Crippen molar-refractivity contribution in [3.05, 3.63) is 35.4 Å². The maximum atomic E-state index is 5.76. The molecule has 0 amide bonds. The van der Waals surface area contributed by atoms with Crippen LogP contribution in [0.1, 0.15) is 25.0 Å². The third-order valence-electron chi connectivity index (χ3n) is 3.24. The molecule has 1 aromatic rings. The minimum Gasteiger partial charge on any atom is -0.375 e. The fourth-order valence-electron chi connectivity index (χ4n) is 2.01. The molecule has 1 aromatic carbocycles. The normalized spacial score (nSPS) is 11.1. The largest absolute Gasteiger partial charge is 0.375 e. The van der Waals surface area contributed by atoms with Crippen LogP contribution < -0.4 is 5.73 Å². The van der Waals surface area contributed by atoms with Crippen molar-refractivity contribution in [1.29, 1.82) is 0 Å². The van der Waals surface area contributed by atoms with Gasteiger partial charge in [0.2, 0.25) is 0 Å². The Morgan fingerprint density at radius 3 is 2.39 bits per heavy atom. The fourth-order valence-corrected chi connectivity index (χ4v) is 2.01. The third kappa shape index (κ3) is 5.17. The lowest BCUT2D eigenvalue weighted by Crippen LogP contribution is -2.27. The second kappa shape index (κ2) is 9.09. The van der Waals surface area contributed by atoms with Gasteiger partial charge in [0.05, 0.1) is 13.2 Å². The Labute approximate surface area is 111 Å². The van der Waals surface area contributed by atoms with Crippen LogP contribution in [0.3, 0.4) is 0 Å². The highest BCUT2D eigenvalue weighted by Crippen LogP contribution is 2.10. The van der Waals surface area contributed by atoms with Crippen LogP contribution in [0, 0.1) is 0 Å². The smallest absolute Gasteiger partial charge is 0.0720 e. The van der Waals surface area contributed by atoms with E-state index < -0.39 is 0 Å². The molecule has 0 unspecified atom stereocenters. The van der Waals surface area contributed by atoms with Crippen LogP contribution in [-0.4, -0.2) is 37.7 Å². The summed E-state index contributed by atoms with van der Waals surface area (Å²) >= 11 is 0. The van der Waals surface area contributed by atoms with Crippen molar-refractivity contribution >= 4 is 0 Å². The Kier molecular flexibility index (Phi) is 7.65. The number of benzene rings is 1. The molecule has 102 valence electrons. The maximum Gasteiger partial charge on any atom is 0.0720 e. The molecular formula is C15H26N2O. The lowest BCUT2D eigenvalue weighted by atomic mass is 10.1. The summed E-state index contributed by atoms with van der Waals surface area (Å²) in [6, 6.07) is 8.38. The Morgan fingerprint density at radius 1 is 1.11 bits per heavy atom. The first-order valence-corrected chi connectivity index (χ1v) is 6.88. The standard InChI is InChI=1S/C15H26N2O/c1-3-17(4-2)11-12-18-13-15-8-6-5-7-14(15)9-10-16/h5-8H,3-4,9-13,16H2,1-2H3. The van der Waals surface area contributed by atoms with Gasteiger partial charge >= 0.3 is 0 Å². The molecule has 1 rings (SSSR count). The van der Waals surface area contributed by atoms with Crippen molar-refractivity contribution in [3.63, 3.8) is 0 Å². The molecule has 3 heteroatoms. The first kappa shape index (κ1) is 15.2. The van der Waals surface area contributed by atoms with Gasteiger partial charge in [-0.05, 0) is 37.2 Å². The van der Waals surface area contributed by atoms with Crippen molar-refractivity contribution in [2.24, 2.45) is 5.73 Å². The minimum atomic E-state index is 0.691. The van der Waals surface area contributed by atoms with Crippen LogP contribution in [0.4, 0.5) is 0 Å². The molecule has 0 aliphatic rings. The van der Waals surface area contributed by atoms with E-state index in [1.165, 1.54) is 11.1 Å². The Balaban J connectivity index is 2.34. The lowest BCUT2D eigenvalue weighted by molar-refractivity contribution is 0.0952. The fraction of sp³-hybridized carbons (Fsp3) is 0.600. The summed E-state index contributed by atoms with van der Waals surface area (Å²) in [6.45, 7) is 9.71. The second-order valence-electron chi connectivity index (χ2n) is 4.39. The zero-order chi connectivity index (χ0) is 13.2. The van der Waals surface area contributed by atoms with E-state index in [4.69, 9.17) is 10.5 Å². The second-order valence-corrected chi connectivity index (χ2v) is 4.39. The Morgan fingerprint density at radius 2 is 1.78 bits per heavy atom. The number of ether oxygens (including phenoxy) is 1. The van der Waals surface area contributed by atoms with E-state index in [2.05, 4.69) is 43.0 Å². The van der Waals surface area contributed by atoms with E-state index in [0.717, 1.165) is 32.7 Å². The molecule has 0 spiro atoms. The maximum absolute atomic E-state index is 5.76. The van der Waals surface area contributed by atoms with Gasteiger partial charge in [-0.1, -0.05) is 38.1 Å². The summed E-state index contributed by atoms with van der Waals surface area (Å²) in [4.78, 5) is 2.37. The van der Waals surface area contributed by atoms with Crippen molar-refractivity contribution in [3.8, 4) is 0 Å². The monoisotopic (exact) mass is 250 g/mol. The lowest BCUT2D eigenvalue weighted by Gasteiger charge is -2.18. The Bertz CT molecular complexity index is 324. The quantitative estimate of drug-likeness (QED) is 0.682. The molecule has 18 heavy (non-hydrogen) atoms. The van der Waals surface area contributed by atoms with E-state index in [1.807, 2.05) is 0 Å². The SMILES string of the molecule is CCN(CC)CCOCc1ccccc1CCN. The zero-order valence-corrected chi connectivity index (χ0v) is 11.7. The first-order chi connectivity index (χ1) is 8.81. The van der Waals surface area contributed by atoms with E-state index in [9.17, 15) is 0 Å². The molecule has 2 N–H and O–H groups in total. The highest BCUT2D eigenvalue weighted by molar-refractivity contribution is 5.26.